The summed E-state index contributed by atoms with van der Waals surface area (Å²) < 4.78 is 0. The molecular weight excluding hydrogens is 264 g/mol. The van der Waals surface area contributed by atoms with Crippen LogP contribution < -0.4 is 0 Å². The monoisotopic (exact) mass is 300 g/mol. The van der Waals surface area contributed by atoms with Gasteiger partial charge in [0.2, 0.25) is 0 Å². The summed E-state index contributed by atoms with van der Waals surface area (Å²) in [5, 5.41) is 0. The first-order valence-electron chi connectivity index (χ1n) is 9.04. The Morgan fingerprint density at radius 3 is 2.32 bits per heavy atom. The fourth-order valence-electron chi connectivity index (χ4n) is 2.52. The van der Waals surface area contributed by atoms with E-state index in [9.17, 15) is 0 Å². The molecule has 124 valence electrons. The van der Waals surface area contributed by atoms with Gasteiger partial charge in [-0.3, -0.25) is 0 Å². The lowest BCUT2D eigenvalue weighted by Gasteiger charge is -2.11. The van der Waals surface area contributed by atoms with Crippen molar-refractivity contribution in [3.63, 3.8) is 0 Å². The van der Waals surface area contributed by atoms with Crippen molar-refractivity contribution in [1.29, 1.82) is 0 Å². The second-order valence-electron chi connectivity index (χ2n) is 5.91. The standard InChI is InChI=1S/C20H30.C2H6/c1-4-5-11-18(2)12-9-13-19(3)14-10-17-20-15-7-6-8-16-20;1-2/h4-8,11,15-16,19H,9-10,12-14,17H2,1-3H3;1-2H3/b5-4-,18-11+;. The van der Waals surface area contributed by atoms with Crippen LogP contribution in [0, 0.1) is 5.92 Å². The third kappa shape index (κ3) is 11.4. The Hall–Kier alpha value is -1.30. The summed E-state index contributed by atoms with van der Waals surface area (Å²) in [5.74, 6) is 0.855. The fraction of sp³-hybridized carbons (Fsp3) is 0.545. The van der Waals surface area contributed by atoms with Gasteiger partial charge in [0.25, 0.3) is 0 Å². The number of allylic oxidation sites excluding steroid dienone is 4. The van der Waals surface area contributed by atoms with Crippen LogP contribution in [0.25, 0.3) is 0 Å². The molecule has 1 unspecified atom stereocenters. The molecule has 1 atom stereocenters. The smallest absolute Gasteiger partial charge is 0.0279 e. The van der Waals surface area contributed by atoms with Crippen LogP contribution in [0.5, 0.6) is 0 Å². The molecule has 0 saturated heterocycles. The van der Waals surface area contributed by atoms with Crippen molar-refractivity contribution < 1.29 is 0 Å². The number of aryl methyl sites for hydroxylation is 1. The van der Waals surface area contributed by atoms with Crippen LogP contribution in [0.2, 0.25) is 0 Å². The first kappa shape index (κ1) is 20.7. The molecule has 1 rings (SSSR count). The van der Waals surface area contributed by atoms with Gasteiger partial charge in [-0.25, -0.2) is 0 Å². The molecule has 0 N–H and O–H groups in total. The predicted molar refractivity (Wildman–Crippen MR) is 102 cm³/mol. The predicted octanol–water partition coefficient (Wildman–Crippen LogP) is 7.36. The summed E-state index contributed by atoms with van der Waals surface area (Å²) in [7, 11) is 0. The van der Waals surface area contributed by atoms with Crippen molar-refractivity contribution in [1.82, 2.24) is 0 Å². The van der Waals surface area contributed by atoms with Crippen LogP contribution in [0.1, 0.15) is 72.3 Å². The molecule has 0 saturated carbocycles. The lowest BCUT2D eigenvalue weighted by atomic mass is 9.95. The zero-order chi connectivity index (χ0) is 16.6. The third-order valence-electron chi connectivity index (χ3n) is 3.85. The summed E-state index contributed by atoms with van der Waals surface area (Å²) in [6, 6.07) is 10.8. The van der Waals surface area contributed by atoms with E-state index in [2.05, 4.69) is 69.3 Å². The molecule has 0 aromatic heterocycles. The highest BCUT2D eigenvalue weighted by Crippen LogP contribution is 2.18. The van der Waals surface area contributed by atoms with Gasteiger partial charge in [-0.2, -0.15) is 0 Å². The van der Waals surface area contributed by atoms with Gasteiger partial charge in [0.05, 0.1) is 0 Å². The van der Waals surface area contributed by atoms with Gasteiger partial charge in [-0.05, 0) is 51.0 Å². The number of hydrogen-bond donors (Lipinski definition) is 0. The van der Waals surface area contributed by atoms with E-state index in [0.29, 0.717) is 0 Å². The second kappa shape index (κ2) is 14.6. The van der Waals surface area contributed by atoms with Gasteiger partial charge < -0.3 is 0 Å². The summed E-state index contributed by atoms with van der Waals surface area (Å²) in [5.41, 5.74) is 2.98. The SMILES string of the molecule is C/C=C\C=C(/C)CCCC(C)CCCc1ccccc1.CC. The summed E-state index contributed by atoms with van der Waals surface area (Å²) in [4.78, 5) is 0. The highest BCUT2D eigenvalue weighted by Gasteiger charge is 2.02. The number of benzene rings is 1. The molecule has 0 heteroatoms. The molecular formula is C22H36. The molecule has 0 aliphatic rings. The Morgan fingerprint density at radius 1 is 1.05 bits per heavy atom. The maximum Gasteiger partial charge on any atom is -0.0279 e. The van der Waals surface area contributed by atoms with Gasteiger partial charge in [0.1, 0.15) is 0 Å². The number of hydrogen-bond acceptors (Lipinski definition) is 0. The average Bonchev–Trinajstić information content (AvgIpc) is 2.56. The first-order valence-corrected chi connectivity index (χ1v) is 9.04. The van der Waals surface area contributed by atoms with Crippen molar-refractivity contribution in [3.8, 4) is 0 Å². The van der Waals surface area contributed by atoms with Gasteiger partial charge in [0, 0.05) is 0 Å². The van der Waals surface area contributed by atoms with Crippen LogP contribution in [0.15, 0.2) is 54.1 Å². The Bertz CT molecular complexity index is 397. The molecule has 0 aliphatic carbocycles. The normalized spacial score (nSPS) is 12.9. The van der Waals surface area contributed by atoms with E-state index in [1.165, 1.54) is 49.7 Å². The van der Waals surface area contributed by atoms with Gasteiger partial charge in [0.15, 0.2) is 0 Å². The van der Waals surface area contributed by atoms with E-state index in [0.717, 1.165) is 5.92 Å². The Morgan fingerprint density at radius 2 is 1.68 bits per heavy atom. The van der Waals surface area contributed by atoms with Crippen LogP contribution in [-0.2, 0) is 6.42 Å². The second-order valence-corrected chi connectivity index (χ2v) is 5.91. The Kier molecular flexibility index (Phi) is 13.8. The quantitative estimate of drug-likeness (QED) is 0.418. The zero-order valence-corrected chi connectivity index (χ0v) is 15.4. The van der Waals surface area contributed by atoms with E-state index in [1.54, 1.807) is 0 Å². The summed E-state index contributed by atoms with van der Waals surface area (Å²) >= 11 is 0. The fourth-order valence-corrected chi connectivity index (χ4v) is 2.52. The van der Waals surface area contributed by atoms with E-state index in [4.69, 9.17) is 0 Å². The molecule has 22 heavy (non-hydrogen) atoms. The van der Waals surface area contributed by atoms with Crippen molar-refractivity contribution in [2.45, 2.75) is 73.1 Å². The molecule has 1 aromatic carbocycles. The molecule has 0 heterocycles. The summed E-state index contributed by atoms with van der Waals surface area (Å²) in [6.07, 6.45) is 14.3. The molecule has 0 aliphatic heterocycles. The topological polar surface area (TPSA) is 0 Å². The van der Waals surface area contributed by atoms with Gasteiger partial charge in [-0.1, -0.05) is 87.7 Å². The van der Waals surface area contributed by atoms with Crippen molar-refractivity contribution in [2.75, 3.05) is 0 Å². The lowest BCUT2D eigenvalue weighted by Crippen LogP contribution is -1.96. The van der Waals surface area contributed by atoms with Crippen molar-refractivity contribution in [3.05, 3.63) is 59.7 Å². The van der Waals surface area contributed by atoms with E-state index >= 15 is 0 Å². The zero-order valence-electron chi connectivity index (χ0n) is 15.4. The molecule has 0 fully saturated rings. The molecule has 0 amide bonds. The highest BCUT2D eigenvalue weighted by molar-refractivity contribution is 5.14. The third-order valence-corrected chi connectivity index (χ3v) is 3.85. The van der Waals surface area contributed by atoms with E-state index < -0.39 is 0 Å². The van der Waals surface area contributed by atoms with Crippen molar-refractivity contribution in [2.24, 2.45) is 5.92 Å². The molecule has 1 aromatic rings. The number of rotatable bonds is 9. The minimum atomic E-state index is 0.855. The van der Waals surface area contributed by atoms with E-state index in [1.807, 2.05) is 13.8 Å². The van der Waals surface area contributed by atoms with E-state index in [-0.39, 0.29) is 0 Å². The molecule has 0 bridgehead atoms. The lowest BCUT2D eigenvalue weighted by molar-refractivity contribution is 0.459. The average molecular weight is 301 g/mol. The minimum absolute atomic E-state index is 0.855. The maximum atomic E-state index is 2.40. The molecule has 0 nitrogen and oxygen atoms in total. The highest BCUT2D eigenvalue weighted by atomic mass is 14.1. The van der Waals surface area contributed by atoms with Crippen molar-refractivity contribution >= 4 is 0 Å². The molecule has 0 spiro atoms. The van der Waals surface area contributed by atoms with Crippen LogP contribution in [-0.4, -0.2) is 0 Å². The van der Waals surface area contributed by atoms with Gasteiger partial charge in [-0.15, -0.1) is 0 Å². The Labute approximate surface area is 139 Å². The molecule has 0 radical (unpaired) electrons. The maximum absolute atomic E-state index is 2.40. The van der Waals surface area contributed by atoms with Crippen LogP contribution in [0.4, 0.5) is 0 Å². The minimum Gasteiger partial charge on any atom is -0.0877 e. The Balaban J connectivity index is 0.00000211. The van der Waals surface area contributed by atoms with Crippen LogP contribution in [0.3, 0.4) is 0 Å². The van der Waals surface area contributed by atoms with Gasteiger partial charge >= 0.3 is 0 Å². The summed E-state index contributed by atoms with van der Waals surface area (Å²) in [6.45, 7) is 10.7. The van der Waals surface area contributed by atoms with Crippen LogP contribution >= 0.6 is 0 Å². The first-order chi connectivity index (χ1) is 10.7. The largest absolute Gasteiger partial charge is 0.0877 e.